The largest absolute Gasteiger partial charge is 0.383 e. The first-order chi connectivity index (χ1) is 10.1. The van der Waals surface area contributed by atoms with Crippen molar-refractivity contribution in [3.8, 4) is 6.07 Å². The van der Waals surface area contributed by atoms with Crippen LogP contribution in [0.3, 0.4) is 0 Å². The molecule has 0 saturated carbocycles. The number of anilines is 1. The van der Waals surface area contributed by atoms with Crippen LogP contribution in [0.1, 0.15) is 16.7 Å². The maximum Gasteiger partial charge on any atom is 0.148 e. The molecule has 0 spiro atoms. The minimum absolute atomic E-state index is 0.319. The van der Waals surface area contributed by atoms with E-state index >= 15 is 0 Å². The molecule has 0 radical (unpaired) electrons. The van der Waals surface area contributed by atoms with Crippen molar-refractivity contribution in [2.75, 3.05) is 5.73 Å². The molecule has 0 fully saturated rings. The highest BCUT2D eigenvalue weighted by atomic mass is 79.9. The number of fused-ring (bicyclic) bond motifs is 1. The van der Waals surface area contributed by atoms with Crippen LogP contribution in [0.5, 0.6) is 0 Å². The highest BCUT2D eigenvalue weighted by Crippen LogP contribution is 2.31. The van der Waals surface area contributed by atoms with Gasteiger partial charge in [-0.05, 0) is 28.4 Å². The molecule has 21 heavy (non-hydrogen) atoms. The Hall–Kier alpha value is -2.39. The average molecular weight is 342 g/mol. The predicted molar refractivity (Wildman–Crippen MR) is 84.6 cm³/mol. The molecule has 0 bridgehead atoms. The maximum absolute atomic E-state index is 9.35. The van der Waals surface area contributed by atoms with Crippen LogP contribution >= 0.6 is 15.9 Å². The van der Waals surface area contributed by atoms with E-state index in [4.69, 9.17) is 5.73 Å². The van der Waals surface area contributed by atoms with Crippen LogP contribution in [0.15, 0.2) is 35.2 Å². The van der Waals surface area contributed by atoms with Gasteiger partial charge in [0, 0.05) is 0 Å². The summed E-state index contributed by atoms with van der Waals surface area (Å²) in [4.78, 5) is 8.25. The van der Waals surface area contributed by atoms with Crippen molar-refractivity contribution in [2.24, 2.45) is 0 Å². The standard InChI is InChI=1S/C15H12BrN5/c1-9-2-4-10(5-3-9)7-21-13(16)11(6-17)12-14(18)19-8-20-15(12)21/h2-5,8H,7H2,1H3,(H2,18,19,20). The van der Waals surface area contributed by atoms with E-state index in [1.54, 1.807) is 0 Å². The Morgan fingerprint density at radius 2 is 2.00 bits per heavy atom. The molecule has 0 atom stereocenters. The molecule has 3 aromatic rings. The first-order valence-corrected chi connectivity index (χ1v) is 7.15. The highest BCUT2D eigenvalue weighted by molar-refractivity contribution is 9.10. The number of rotatable bonds is 2. The van der Waals surface area contributed by atoms with Gasteiger partial charge in [-0.15, -0.1) is 0 Å². The minimum Gasteiger partial charge on any atom is -0.383 e. The van der Waals surface area contributed by atoms with Crippen molar-refractivity contribution in [1.82, 2.24) is 14.5 Å². The van der Waals surface area contributed by atoms with Gasteiger partial charge >= 0.3 is 0 Å². The minimum atomic E-state index is 0.319. The van der Waals surface area contributed by atoms with E-state index in [0.717, 1.165) is 5.56 Å². The zero-order valence-corrected chi connectivity index (χ0v) is 12.9. The molecule has 0 saturated heterocycles. The Bertz CT molecular complexity index is 858. The smallest absolute Gasteiger partial charge is 0.148 e. The van der Waals surface area contributed by atoms with Crippen molar-refractivity contribution >= 4 is 32.8 Å². The third kappa shape index (κ3) is 2.26. The van der Waals surface area contributed by atoms with E-state index in [-0.39, 0.29) is 0 Å². The molecule has 0 amide bonds. The van der Waals surface area contributed by atoms with Gasteiger partial charge in [0.2, 0.25) is 0 Å². The van der Waals surface area contributed by atoms with Crippen molar-refractivity contribution in [2.45, 2.75) is 13.5 Å². The van der Waals surface area contributed by atoms with Gasteiger partial charge in [0.25, 0.3) is 0 Å². The lowest BCUT2D eigenvalue weighted by molar-refractivity contribution is 0.803. The monoisotopic (exact) mass is 341 g/mol. The second-order valence-electron chi connectivity index (χ2n) is 4.81. The van der Waals surface area contributed by atoms with Crippen molar-refractivity contribution < 1.29 is 0 Å². The van der Waals surface area contributed by atoms with Gasteiger partial charge in [0.05, 0.1) is 17.5 Å². The van der Waals surface area contributed by atoms with E-state index in [9.17, 15) is 5.26 Å². The molecule has 1 aromatic carbocycles. The topological polar surface area (TPSA) is 80.5 Å². The van der Waals surface area contributed by atoms with Crippen molar-refractivity contribution in [1.29, 1.82) is 5.26 Å². The molecule has 3 rings (SSSR count). The molecule has 2 N–H and O–H groups in total. The summed E-state index contributed by atoms with van der Waals surface area (Å²) in [6.07, 6.45) is 1.41. The molecule has 104 valence electrons. The first kappa shape index (κ1) is 13.6. The zero-order chi connectivity index (χ0) is 15.0. The Labute approximate surface area is 130 Å². The molecule has 2 aromatic heterocycles. The molecule has 6 heteroatoms. The van der Waals surface area contributed by atoms with Crippen LogP contribution in [0.2, 0.25) is 0 Å². The van der Waals surface area contributed by atoms with Crippen LogP contribution in [0.25, 0.3) is 11.0 Å². The molecular formula is C15H12BrN5. The van der Waals surface area contributed by atoms with Crippen LogP contribution in [-0.4, -0.2) is 14.5 Å². The molecule has 5 nitrogen and oxygen atoms in total. The second kappa shape index (κ2) is 5.19. The number of aryl methyl sites for hydroxylation is 1. The van der Waals surface area contributed by atoms with Crippen LogP contribution in [0, 0.1) is 18.3 Å². The van der Waals surface area contributed by atoms with Gasteiger partial charge in [0.15, 0.2) is 0 Å². The lowest BCUT2D eigenvalue weighted by atomic mass is 10.1. The summed E-state index contributed by atoms with van der Waals surface area (Å²) in [5.74, 6) is 0.319. The molecule has 0 aliphatic carbocycles. The highest BCUT2D eigenvalue weighted by Gasteiger charge is 2.19. The van der Waals surface area contributed by atoms with E-state index in [2.05, 4.69) is 56.2 Å². The van der Waals surface area contributed by atoms with Crippen molar-refractivity contribution in [3.63, 3.8) is 0 Å². The van der Waals surface area contributed by atoms with Crippen LogP contribution in [-0.2, 0) is 6.54 Å². The summed E-state index contributed by atoms with van der Waals surface area (Å²) in [6, 6.07) is 10.4. The quantitative estimate of drug-likeness (QED) is 0.776. The number of halogens is 1. The van der Waals surface area contributed by atoms with Crippen molar-refractivity contribution in [3.05, 3.63) is 51.9 Å². The van der Waals surface area contributed by atoms with Crippen LogP contribution in [0.4, 0.5) is 5.82 Å². The number of aromatic nitrogens is 3. The predicted octanol–water partition coefficient (Wildman–Crippen LogP) is 3.00. The summed E-state index contributed by atoms with van der Waals surface area (Å²) in [5.41, 5.74) is 9.35. The fourth-order valence-corrected chi connectivity index (χ4v) is 2.87. The number of nitrogens with two attached hydrogens (primary N) is 1. The number of benzene rings is 1. The van der Waals surface area contributed by atoms with Gasteiger partial charge < -0.3 is 10.3 Å². The molecule has 0 aliphatic rings. The van der Waals surface area contributed by atoms with Gasteiger partial charge in [-0.1, -0.05) is 29.8 Å². The second-order valence-corrected chi connectivity index (χ2v) is 5.56. The fraction of sp³-hybridized carbons (Fsp3) is 0.133. The van der Waals surface area contributed by atoms with E-state index in [0.29, 0.717) is 33.6 Å². The Balaban J connectivity index is 2.19. The third-order valence-electron chi connectivity index (χ3n) is 3.38. The van der Waals surface area contributed by atoms with Gasteiger partial charge in [-0.2, -0.15) is 5.26 Å². The molecule has 0 aliphatic heterocycles. The number of hydrogen-bond acceptors (Lipinski definition) is 4. The number of nitrogen functional groups attached to an aromatic ring is 1. The van der Waals surface area contributed by atoms with E-state index < -0.39 is 0 Å². The molecule has 0 unspecified atom stereocenters. The maximum atomic E-state index is 9.35. The summed E-state index contributed by atoms with van der Waals surface area (Å²) < 4.78 is 2.60. The Morgan fingerprint density at radius 1 is 1.29 bits per heavy atom. The Kier molecular flexibility index (Phi) is 3.35. The lowest BCUT2D eigenvalue weighted by Crippen LogP contribution is -2.02. The zero-order valence-electron chi connectivity index (χ0n) is 11.3. The fourth-order valence-electron chi connectivity index (χ4n) is 2.29. The number of nitrogens with zero attached hydrogens (tertiary/aromatic N) is 4. The lowest BCUT2D eigenvalue weighted by Gasteiger charge is -2.07. The van der Waals surface area contributed by atoms with E-state index in [1.807, 2.05) is 11.5 Å². The SMILES string of the molecule is Cc1ccc(Cn2c(Br)c(C#N)c3c(N)ncnc32)cc1. The Morgan fingerprint density at radius 3 is 2.67 bits per heavy atom. The van der Waals surface area contributed by atoms with Gasteiger partial charge in [-0.25, -0.2) is 9.97 Å². The first-order valence-electron chi connectivity index (χ1n) is 6.35. The van der Waals surface area contributed by atoms with E-state index in [1.165, 1.54) is 11.9 Å². The summed E-state index contributed by atoms with van der Waals surface area (Å²) in [6.45, 7) is 2.65. The van der Waals surface area contributed by atoms with Crippen LogP contribution < -0.4 is 5.73 Å². The van der Waals surface area contributed by atoms with Gasteiger partial charge in [-0.3, -0.25) is 0 Å². The average Bonchev–Trinajstić information content (AvgIpc) is 2.75. The normalized spacial score (nSPS) is 10.7. The summed E-state index contributed by atoms with van der Waals surface area (Å²) >= 11 is 3.48. The summed E-state index contributed by atoms with van der Waals surface area (Å²) in [7, 11) is 0. The van der Waals surface area contributed by atoms with Gasteiger partial charge in [0.1, 0.15) is 28.5 Å². The third-order valence-corrected chi connectivity index (χ3v) is 4.20. The number of nitriles is 1. The summed E-state index contributed by atoms with van der Waals surface area (Å²) in [5, 5.41) is 9.95. The molecular weight excluding hydrogens is 330 g/mol. The number of hydrogen-bond donors (Lipinski definition) is 1. The molecule has 2 heterocycles.